The van der Waals surface area contributed by atoms with E-state index >= 15 is 0 Å². The first-order valence-electron chi connectivity index (χ1n) is 11.3. The first-order valence-corrected chi connectivity index (χ1v) is 12.1. The summed E-state index contributed by atoms with van der Waals surface area (Å²) in [5.74, 6) is -1.12. The molecule has 0 saturated carbocycles. The number of rotatable bonds is 8. The fraction of sp³-hybridized carbons (Fsp3) is 0.385. The van der Waals surface area contributed by atoms with Gasteiger partial charge in [0.05, 0.1) is 11.1 Å². The predicted molar refractivity (Wildman–Crippen MR) is 133 cm³/mol. The molecule has 1 aliphatic rings. The van der Waals surface area contributed by atoms with Gasteiger partial charge in [-0.15, -0.1) is 0 Å². The Balaban J connectivity index is 1.68. The molecule has 2 aromatic rings. The Morgan fingerprint density at radius 3 is 2.09 bits per heavy atom. The Morgan fingerprint density at radius 2 is 1.56 bits per heavy atom. The van der Waals surface area contributed by atoms with Crippen LogP contribution in [0.5, 0.6) is 0 Å². The van der Waals surface area contributed by atoms with Crippen molar-refractivity contribution in [1.29, 1.82) is 0 Å². The van der Waals surface area contributed by atoms with Crippen molar-refractivity contribution in [3.8, 4) is 0 Å². The van der Waals surface area contributed by atoms with E-state index in [-0.39, 0.29) is 43.1 Å². The smallest absolute Gasteiger partial charge is 0.261 e. The molecular weight excluding hydrogens is 498 g/mol. The van der Waals surface area contributed by atoms with Gasteiger partial charge in [-0.2, -0.15) is 0 Å². The maximum atomic E-state index is 13.2. The van der Waals surface area contributed by atoms with Crippen molar-refractivity contribution in [2.24, 2.45) is 0 Å². The Kier molecular flexibility index (Phi) is 7.92. The second-order valence-corrected chi connectivity index (χ2v) is 10.4. The number of hydrogen-bond donors (Lipinski definition) is 1. The minimum absolute atomic E-state index is 0.108. The van der Waals surface area contributed by atoms with Crippen LogP contribution >= 0.6 is 15.9 Å². The Morgan fingerprint density at radius 1 is 1.00 bits per heavy atom. The second kappa shape index (κ2) is 10.5. The van der Waals surface area contributed by atoms with E-state index in [4.69, 9.17) is 0 Å². The van der Waals surface area contributed by atoms with Crippen LogP contribution in [0.4, 0.5) is 0 Å². The van der Waals surface area contributed by atoms with Crippen LogP contribution in [0.25, 0.3) is 0 Å². The topological polar surface area (TPSA) is 86.8 Å². The van der Waals surface area contributed by atoms with Crippen molar-refractivity contribution in [3.63, 3.8) is 0 Å². The molecule has 1 atom stereocenters. The highest BCUT2D eigenvalue weighted by Gasteiger charge is 2.35. The first-order chi connectivity index (χ1) is 16.0. The molecule has 0 spiro atoms. The number of nitrogens with one attached hydrogen (secondary N) is 1. The Labute approximate surface area is 208 Å². The largest absolute Gasteiger partial charge is 0.350 e. The van der Waals surface area contributed by atoms with Gasteiger partial charge in [-0.25, -0.2) is 0 Å². The highest BCUT2D eigenvalue weighted by atomic mass is 79.9. The normalized spacial score (nSPS) is 14.1. The minimum Gasteiger partial charge on any atom is -0.350 e. The molecule has 180 valence electrons. The van der Waals surface area contributed by atoms with Crippen LogP contribution < -0.4 is 5.32 Å². The monoisotopic (exact) mass is 527 g/mol. The molecule has 4 amide bonds. The fourth-order valence-corrected chi connectivity index (χ4v) is 4.08. The second-order valence-electron chi connectivity index (χ2n) is 9.47. The van der Waals surface area contributed by atoms with Crippen LogP contribution in [0, 0.1) is 0 Å². The van der Waals surface area contributed by atoms with Crippen molar-refractivity contribution in [2.75, 3.05) is 6.54 Å². The fourth-order valence-electron chi connectivity index (χ4n) is 3.82. The highest BCUT2D eigenvalue weighted by molar-refractivity contribution is 9.10. The lowest BCUT2D eigenvalue weighted by Crippen LogP contribution is -2.52. The van der Waals surface area contributed by atoms with Crippen molar-refractivity contribution in [3.05, 3.63) is 69.7 Å². The maximum Gasteiger partial charge on any atom is 0.261 e. The molecule has 7 nitrogen and oxygen atoms in total. The van der Waals surface area contributed by atoms with Gasteiger partial charge in [0.1, 0.15) is 6.04 Å². The van der Waals surface area contributed by atoms with E-state index < -0.39 is 11.6 Å². The zero-order valence-electron chi connectivity index (χ0n) is 19.9. The average molecular weight is 528 g/mol. The average Bonchev–Trinajstić information content (AvgIpc) is 3.02. The zero-order valence-corrected chi connectivity index (χ0v) is 21.5. The van der Waals surface area contributed by atoms with Crippen LogP contribution in [-0.2, 0) is 16.1 Å². The van der Waals surface area contributed by atoms with Crippen LogP contribution in [-0.4, -0.2) is 51.6 Å². The van der Waals surface area contributed by atoms with Crippen LogP contribution in [0.1, 0.15) is 66.8 Å². The molecule has 34 heavy (non-hydrogen) atoms. The van der Waals surface area contributed by atoms with Gasteiger partial charge < -0.3 is 10.2 Å². The van der Waals surface area contributed by atoms with Crippen molar-refractivity contribution >= 4 is 39.6 Å². The lowest BCUT2D eigenvalue weighted by atomic mass is 10.1. The van der Waals surface area contributed by atoms with Gasteiger partial charge in [0.2, 0.25) is 11.8 Å². The summed E-state index contributed by atoms with van der Waals surface area (Å²) < 4.78 is 0.925. The van der Waals surface area contributed by atoms with Gasteiger partial charge in [-0.05, 0) is 63.9 Å². The summed E-state index contributed by atoms with van der Waals surface area (Å²) in [5, 5.41) is 2.93. The van der Waals surface area contributed by atoms with E-state index in [1.807, 2.05) is 45.0 Å². The third kappa shape index (κ3) is 6.11. The SMILES string of the molecule is C[C@@H](C(=O)NC(C)(C)C)N(Cc1ccc(Br)cc1)C(=O)CCCN1C(=O)c2ccccc2C1=O. The number of nitrogens with zero attached hydrogens (tertiary/aromatic N) is 2. The summed E-state index contributed by atoms with van der Waals surface area (Å²) in [4.78, 5) is 53.9. The van der Waals surface area contributed by atoms with Crippen molar-refractivity contribution < 1.29 is 19.2 Å². The summed E-state index contributed by atoms with van der Waals surface area (Å²) >= 11 is 3.41. The Bertz CT molecular complexity index is 1060. The lowest BCUT2D eigenvalue weighted by Gasteiger charge is -2.31. The number of carbonyl (C=O) groups is 4. The third-order valence-electron chi connectivity index (χ3n) is 5.58. The zero-order chi connectivity index (χ0) is 25.0. The molecule has 0 saturated heterocycles. The molecule has 0 bridgehead atoms. The van der Waals surface area contributed by atoms with Crippen molar-refractivity contribution in [2.45, 2.75) is 58.7 Å². The molecular formula is C26H30BrN3O4. The minimum atomic E-state index is -0.685. The number of amides is 4. The van der Waals surface area contributed by atoms with Crippen LogP contribution in [0.2, 0.25) is 0 Å². The van der Waals surface area contributed by atoms with Gasteiger partial charge in [-0.3, -0.25) is 24.1 Å². The molecule has 8 heteroatoms. The first kappa shape index (κ1) is 25.6. The third-order valence-corrected chi connectivity index (χ3v) is 6.11. The predicted octanol–water partition coefficient (Wildman–Crippen LogP) is 4.16. The van der Waals surface area contributed by atoms with E-state index in [2.05, 4.69) is 21.2 Å². The molecule has 3 rings (SSSR count). The molecule has 0 radical (unpaired) electrons. The van der Waals surface area contributed by atoms with Gasteiger partial charge in [-0.1, -0.05) is 40.2 Å². The van der Waals surface area contributed by atoms with E-state index in [9.17, 15) is 19.2 Å². The van der Waals surface area contributed by atoms with E-state index in [1.165, 1.54) is 4.90 Å². The van der Waals surface area contributed by atoms with Crippen LogP contribution in [0.3, 0.4) is 0 Å². The summed E-state index contributed by atoms with van der Waals surface area (Å²) in [6.07, 6.45) is 0.422. The maximum absolute atomic E-state index is 13.2. The van der Waals surface area contributed by atoms with Crippen LogP contribution in [0.15, 0.2) is 53.0 Å². The summed E-state index contributed by atoms with van der Waals surface area (Å²) in [6, 6.07) is 13.6. The van der Waals surface area contributed by atoms with Gasteiger partial charge in [0.25, 0.3) is 11.8 Å². The lowest BCUT2D eigenvalue weighted by molar-refractivity contribution is -0.141. The molecule has 1 N–H and O–H groups in total. The summed E-state index contributed by atoms with van der Waals surface area (Å²) in [6.45, 7) is 7.80. The molecule has 2 aromatic carbocycles. The highest BCUT2D eigenvalue weighted by Crippen LogP contribution is 2.23. The number of halogens is 1. The van der Waals surface area contributed by atoms with Crippen molar-refractivity contribution in [1.82, 2.24) is 15.1 Å². The summed E-state index contributed by atoms with van der Waals surface area (Å²) in [5.41, 5.74) is 1.25. The molecule has 1 heterocycles. The van der Waals surface area contributed by atoms with E-state index in [1.54, 1.807) is 36.1 Å². The number of hydrogen-bond acceptors (Lipinski definition) is 4. The number of imide groups is 1. The quantitative estimate of drug-likeness (QED) is 0.522. The molecule has 0 unspecified atom stereocenters. The number of carbonyl (C=O) groups excluding carboxylic acids is 4. The van der Waals surface area contributed by atoms with Gasteiger partial charge in [0.15, 0.2) is 0 Å². The molecule has 1 aliphatic heterocycles. The molecule has 0 aromatic heterocycles. The number of benzene rings is 2. The van der Waals surface area contributed by atoms with E-state index in [0.29, 0.717) is 17.5 Å². The van der Waals surface area contributed by atoms with E-state index in [0.717, 1.165) is 10.0 Å². The standard InChI is InChI=1S/C26H30BrN3O4/c1-17(23(32)28-26(2,3)4)30(16-18-11-13-19(27)14-12-18)22(31)10-7-15-29-24(33)20-8-5-6-9-21(20)25(29)34/h5-6,8-9,11-14,17H,7,10,15-16H2,1-4H3,(H,28,32)/t17-/m0/s1. The molecule has 0 fully saturated rings. The molecule has 0 aliphatic carbocycles. The summed E-state index contributed by atoms with van der Waals surface area (Å²) in [7, 11) is 0. The van der Waals surface area contributed by atoms with Gasteiger partial charge >= 0.3 is 0 Å². The Hall–Kier alpha value is -3.00. The van der Waals surface area contributed by atoms with Gasteiger partial charge in [0, 0.05) is 29.5 Å². The number of fused-ring (bicyclic) bond motifs is 1.